The summed E-state index contributed by atoms with van der Waals surface area (Å²) in [5, 5.41) is 0. The Morgan fingerprint density at radius 1 is 1.29 bits per heavy atom. The number of hydrogen-bond acceptors (Lipinski definition) is 2. The summed E-state index contributed by atoms with van der Waals surface area (Å²) in [5.41, 5.74) is 0. The van der Waals surface area contributed by atoms with Gasteiger partial charge in [0, 0.05) is 6.54 Å². The van der Waals surface area contributed by atoms with E-state index in [2.05, 4.69) is 47.7 Å². The highest BCUT2D eigenvalue weighted by atomic mass is 127. The Hall–Kier alpha value is -0.290. The van der Waals surface area contributed by atoms with Gasteiger partial charge in [-0.15, -0.1) is 0 Å². The van der Waals surface area contributed by atoms with Gasteiger partial charge in [0.15, 0.2) is 0 Å². The number of rotatable bonds is 5. The van der Waals surface area contributed by atoms with Crippen molar-refractivity contribution in [2.24, 2.45) is 0 Å². The first-order valence-electron chi connectivity index (χ1n) is 4.72. The Balaban J connectivity index is 2.28. The number of ether oxygens (including phenoxy) is 1. The van der Waals surface area contributed by atoms with Crippen LogP contribution in [-0.2, 0) is 0 Å². The molecule has 0 unspecified atom stereocenters. The van der Waals surface area contributed by atoms with E-state index in [1.165, 1.54) is 3.57 Å². The molecule has 0 saturated carbocycles. The summed E-state index contributed by atoms with van der Waals surface area (Å²) in [6.45, 7) is 1.86. The van der Waals surface area contributed by atoms with Gasteiger partial charge in [-0.1, -0.05) is 12.1 Å². The van der Waals surface area contributed by atoms with E-state index in [4.69, 9.17) is 4.74 Å². The lowest BCUT2D eigenvalue weighted by Gasteiger charge is -2.11. The first-order chi connectivity index (χ1) is 6.70. The summed E-state index contributed by atoms with van der Waals surface area (Å²) in [4.78, 5) is 2.17. The molecule has 1 aromatic carbocycles. The molecule has 0 fully saturated rings. The Morgan fingerprint density at radius 3 is 2.64 bits per heavy atom. The van der Waals surface area contributed by atoms with Gasteiger partial charge in [0.1, 0.15) is 5.75 Å². The summed E-state index contributed by atoms with van der Waals surface area (Å²) in [7, 11) is 4.15. The fourth-order valence-corrected chi connectivity index (χ4v) is 1.67. The molecule has 3 heteroatoms. The van der Waals surface area contributed by atoms with Crippen molar-refractivity contribution in [1.29, 1.82) is 0 Å². The minimum Gasteiger partial charge on any atom is -0.492 e. The average Bonchev–Trinajstić information content (AvgIpc) is 2.15. The lowest BCUT2D eigenvalue weighted by Crippen LogP contribution is -2.15. The van der Waals surface area contributed by atoms with Crippen molar-refractivity contribution in [2.75, 3.05) is 27.2 Å². The maximum Gasteiger partial charge on any atom is 0.132 e. The normalized spacial score (nSPS) is 10.6. The molecule has 0 bridgehead atoms. The second-order valence-corrected chi connectivity index (χ2v) is 4.60. The smallest absolute Gasteiger partial charge is 0.132 e. The third kappa shape index (κ3) is 4.28. The summed E-state index contributed by atoms with van der Waals surface area (Å²) >= 11 is 2.29. The van der Waals surface area contributed by atoms with Crippen molar-refractivity contribution in [2.45, 2.75) is 6.42 Å². The van der Waals surface area contributed by atoms with Crippen LogP contribution >= 0.6 is 22.6 Å². The van der Waals surface area contributed by atoms with Gasteiger partial charge in [-0.3, -0.25) is 0 Å². The third-order valence-electron chi connectivity index (χ3n) is 1.84. The molecule has 0 atom stereocenters. The van der Waals surface area contributed by atoms with Gasteiger partial charge in [0.25, 0.3) is 0 Å². The molecule has 0 heterocycles. The molecule has 0 N–H and O–H groups in total. The molecule has 1 aromatic rings. The third-order valence-corrected chi connectivity index (χ3v) is 2.74. The van der Waals surface area contributed by atoms with Crippen LogP contribution < -0.4 is 4.74 Å². The molecule has 0 aromatic heterocycles. The maximum absolute atomic E-state index is 5.65. The van der Waals surface area contributed by atoms with Gasteiger partial charge in [-0.25, -0.2) is 0 Å². The molecule has 0 spiro atoms. The van der Waals surface area contributed by atoms with Crippen molar-refractivity contribution >= 4 is 22.6 Å². The monoisotopic (exact) mass is 305 g/mol. The number of halogens is 1. The van der Waals surface area contributed by atoms with Gasteiger partial charge in [0.05, 0.1) is 10.2 Å². The van der Waals surface area contributed by atoms with E-state index >= 15 is 0 Å². The van der Waals surface area contributed by atoms with Gasteiger partial charge in [-0.2, -0.15) is 0 Å². The number of benzene rings is 1. The highest BCUT2D eigenvalue weighted by Crippen LogP contribution is 2.19. The average molecular weight is 305 g/mol. The van der Waals surface area contributed by atoms with Gasteiger partial charge >= 0.3 is 0 Å². The molecule has 0 aliphatic carbocycles. The van der Waals surface area contributed by atoms with Gasteiger partial charge in [-0.05, 0) is 55.2 Å². The predicted octanol–water partition coefficient (Wildman–Crippen LogP) is 2.62. The van der Waals surface area contributed by atoms with Crippen LogP contribution in [0.2, 0.25) is 0 Å². The Kier molecular flexibility index (Phi) is 5.25. The Bertz CT molecular complexity index is 276. The van der Waals surface area contributed by atoms with E-state index in [0.29, 0.717) is 0 Å². The van der Waals surface area contributed by atoms with E-state index in [9.17, 15) is 0 Å². The molecule has 0 aliphatic heterocycles. The van der Waals surface area contributed by atoms with E-state index in [-0.39, 0.29) is 0 Å². The Labute approximate surface area is 99.4 Å². The molecule has 1 rings (SSSR count). The minimum atomic E-state index is 0.790. The molecule has 0 amide bonds. The summed E-state index contributed by atoms with van der Waals surface area (Å²) < 4.78 is 6.83. The van der Waals surface area contributed by atoms with Crippen molar-refractivity contribution in [3.8, 4) is 5.75 Å². The zero-order valence-corrected chi connectivity index (χ0v) is 10.8. The van der Waals surface area contributed by atoms with Crippen LogP contribution in [0.25, 0.3) is 0 Å². The predicted molar refractivity (Wildman–Crippen MR) is 67.8 cm³/mol. The van der Waals surface area contributed by atoms with Crippen LogP contribution in [0, 0.1) is 3.57 Å². The second-order valence-electron chi connectivity index (χ2n) is 3.44. The van der Waals surface area contributed by atoms with Crippen LogP contribution in [0.15, 0.2) is 24.3 Å². The highest BCUT2D eigenvalue weighted by molar-refractivity contribution is 14.1. The van der Waals surface area contributed by atoms with E-state index in [0.717, 1.165) is 25.3 Å². The molecule has 2 nitrogen and oxygen atoms in total. The SMILES string of the molecule is CN(C)CCCOc1ccccc1I. The fraction of sp³-hybridized carbons (Fsp3) is 0.455. The van der Waals surface area contributed by atoms with Crippen LogP contribution in [0.3, 0.4) is 0 Å². The van der Waals surface area contributed by atoms with Gasteiger partial charge < -0.3 is 9.64 Å². The van der Waals surface area contributed by atoms with Crippen LogP contribution in [0.4, 0.5) is 0 Å². The number of para-hydroxylation sites is 1. The molecule has 78 valence electrons. The van der Waals surface area contributed by atoms with E-state index in [1.54, 1.807) is 0 Å². The maximum atomic E-state index is 5.65. The topological polar surface area (TPSA) is 12.5 Å². The summed E-state index contributed by atoms with van der Waals surface area (Å²) in [6, 6.07) is 8.09. The first kappa shape index (κ1) is 11.8. The van der Waals surface area contributed by atoms with Gasteiger partial charge in [0.2, 0.25) is 0 Å². The highest BCUT2D eigenvalue weighted by Gasteiger charge is 1.98. The van der Waals surface area contributed by atoms with Crippen LogP contribution in [0.1, 0.15) is 6.42 Å². The zero-order valence-electron chi connectivity index (χ0n) is 8.66. The lowest BCUT2D eigenvalue weighted by atomic mass is 10.3. The quantitative estimate of drug-likeness (QED) is 0.612. The molecule has 0 radical (unpaired) electrons. The first-order valence-corrected chi connectivity index (χ1v) is 5.80. The number of hydrogen-bond donors (Lipinski definition) is 0. The largest absolute Gasteiger partial charge is 0.492 e. The van der Waals surface area contributed by atoms with Crippen molar-refractivity contribution in [3.05, 3.63) is 27.8 Å². The molecule has 0 aliphatic rings. The second kappa shape index (κ2) is 6.24. The van der Waals surface area contributed by atoms with E-state index < -0.39 is 0 Å². The van der Waals surface area contributed by atoms with Crippen molar-refractivity contribution < 1.29 is 4.74 Å². The van der Waals surface area contributed by atoms with Crippen molar-refractivity contribution in [3.63, 3.8) is 0 Å². The molecular formula is C11H16INO. The standard InChI is InChI=1S/C11H16INO/c1-13(2)8-5-9-14-11-7-4-3-6-10(11)12/h3-4,6-7H,5,8-9H2,1-2H3. The Morgan fingerprint density at radius 2 is 2.00 bits per heavy atom. The molecule has 14 heavy (non-hydrogen) atoms. The molecule has 0 saturated heterocycles. The van der Waals surface area contributed by atoms with E-state index in [1.807, 2.05) is 18.2 Å². The summed E-state index contributed by atoms with van der Waals surface area (Å²) in [5.74, 6) is 0.992. The fourth-order valence-electron chi connectivity index (χ4n) is 1.12. The van der Waals surface area contributed by atoms with Crippen LogP contribution in [-0.4, -0.2) is 32.1 Å². The zero-order chi connectivity index (χ0) is 10.4. The summed E-state index contributed by atoms with van der Waals surface area (Å²) in [6.07, 6.45) is 1.07. The van der Waals surface area contributed by atoms with Crippen molar-refractivity contribution in [1.82, 2.24) is 4.90 Å². The lowest BCUT2D eigenvalue weighted by molar-refractivity contribution is 0.280. The number of nitrogens with zero attached hydrogens (tertiary/aromatic N) is 1. The molecular weight excluding hydrogens is 289 g/mol. The minimum absolute atomic E-state index is 0.790. The van der Waals surface area contributed by atoms with Crippen LogP contribution in [0.5, 0.6) is 5.75 Å².